The minimum absolute atomic E-state index is 0.0122. The molecule has 0 atom stereocenters. The number of aromatic nitrogens is 1. The van der Waals surface area contributed by atoms with E-state index in [0.29, 0.717) is 22.2 Å². The number of hydrogen-bond acceptors (Lipinski definition) is 5. The van der Waals surface area contributed by atoms with E-state index in [2.05, 4.69) is 4.98 Å². The van der Waals surface area contributed by atoms with Crippen LogP contribution in [0.5, 0.6) is 0 Å². The van der Waals surface area contributed by atoms with Crippen molar-refractivity contribution in [3.05, 3.63) is 33.5 Å². The highest BCUT2D eigenvalue weighted by atomic mass is 16.6. The first kappa shape index (κ1) is 13.1. The number of anilines is 2. The van der Waals surface area contributed by atoms with Crippen molar-refractivity contribution >= 4 is 28.0 Å². The van der Waals surface area contributed by atoms with E-state index in [9.17, 15) is 10.1 Å². The van der Waals surface area contributed by atoms with Crippen LogP contribution in [0, 0.1) is 24.0 Å². The number of fused-ring (bicyclic) bond motifs is 1. The van der Waals surface area contributed by atoms with Crippen molar-refractivity contribution in [1.29, 1.82) is 0 Å². The number of pyridine rings is 1. The first-order valence-electron chi connectivity index (χ1n) is 5.85. The molecule has 1 aromatic carbocycles. The number of aryl methyl sites for hydroxylation is 1. The molecule has 0 aliphatic heterocycles. The molecule has 0 saturated carbocycles. The van der Waals surface area contributed by atoms with E-state index in [1.165, 1.54) is 0 Å². The van der Waals surface area contributed by atoms with Gasteiger partial charge >= 0.3 is 0 Å². The van der Waals surface area contributed by atoms with Gasteiger partial charge in [0.2, 0.25) is 0 Å². The van der Waals surface area contributed by atoms with Crippen molar-refractivity contribution in [2.75, 3.05) is 24.7 Å². The molecule has 2 aromatic rings. The molecule has 1 heterocycles. The van der Waals surface area contributed by atoms with Crippen molar-refractivity contribution in [2.24, 2.45) is 0 Å². The minimum atomic E-state index is -0.417. The topological polar surface area (TPSA) is 85.3 Å². The Kier molecular flexibility index (Phi) is 3.01. The fraction of sp³-hybridized carbons (Fsp3) is 0.308. The zero-order valence-electron chi connectivity index (χ0n) is 11.4. The molecule has 2 N–H and O–H groups in total. The van der Waals surface area contributed by atoms with Crippen molar-refractivity contribution in [1.82, 2.24) is 4.98 Å². The molecule has 19 heavy (non-hydrogen) atoms. The third-order valence-corrected chi connectivity index (χ3v) is 3.14. The second-order valence-corrected chi connectivity index (χ2v) is 4.77. The molecule has 0 fully saturated rings. The third kappa shape index (κ3) is 2.05. The Balaban J connectivity index is 3.01. The standard InChI is InChI=1S/C13H16N4O2/c1-7-5-11(16(3)4)9-6-10(14)8(2)13(17(18)19)12(9)15-7/h5-6H,14H2,1-4H3. The van der Waals surface area contributed by atoms with Crippen LogP contribution in [0.4, 0.5) is 17.1 Å². The number of nitrogens with two attached hydrogens (primary N) is 1. The summed E-state index contributed by atoms with van der Waals surface area (Å²) < 4.78 is 0. The summed E-state index contributed by atoms with van der Waals surface area (Å²) in [6.07, 6.45) is 0. The van der Waals surface area contributed by atoms with E-state index < -0.39 is 4.92 Å². The van der Waals surface area contributed by atoms with E-state index in [1.54, 1.807) is 13.0 Å². The number of hydrogen-bond donors (Lipinski definition) is 1. The summed E-state index contributed by atoms with van der Waals surface area (Å²) in [6.45, 7) is 3.47. The summed E-state index contributed by atoms with van der Waals surface area (Å²) in [5, 5.41) is 12.0. The van der Waals surface area contributed by atoms with Crippen molar-refractivity contribution < 1.29 is 4.92 Å². The van der Waals surface area contributed by atoms with Gasteiger partial charge in [-0.05, 0) is 26.0 Å². The van der Waals surface area contributed by atoms with Gasteiger partial charge in [0.25, 0.3) is 5.69 Å². The molecular weight excluding hydrogens is 244 g/mol. The molecule has 0 amide bonds. The monoisotopic (exact) mass is 260 g/mol. The lowest BCUT2D eigenvalue weighted by molar-refractivity contribution is -0.383. The lowest BCUT2D eigenvalue weighted by Crippen LogP contribution is -2.11. The Bertz CT molecular complexity index is 680. The largest absolute Gasteiger partial charge is 0.398 e. The summed E-state index contributed by atoms with van der Waals surface area (Å²) in [4.78, 5) is 17.1. The van der Waals surface area contributed by atoms with Gasteiger partial charge in [-0.15, -0.1) is 0 Å². The normalized spacial score (nSPS) is 10.7. The molecule has 0 spiro atoms. The number of rotatable bonds is 2. The molecule has 0 saturated heterocycles. The Hall–Kier alpha value is -2.37. The van der Waals surface area contributed by atoms with Crippen LogP contribution in [0.3, 0.4) is 0 Å². The molecule has 0 bridgehead atoms. The summed E-state index contributed by atoms with van der Waals surface area (Å²) in [7, 11) is 3.77. The smallest absolute Gasteiger partial charge is 0.300 e. The summed E-state index contributed by atoms with van der Waals surface area (Å²) in [5.74, 6) is 0. The highest BCUT2D eigenvalue weighted by molar-refractivity contribution is 6.00. The van der Waals surface area contributed by atoms with E-state index in [-0.39, 0.29) is 5.69 Å². The fourth-order valence-electron chi connectivity index (χ4n) is 2.16. The van der Waals surface area contributed by atoms with Crippen molar-refractivity contribution in [3.8, 4) is 0 Å². The van der Waals surface area contributed by atoms with Crippen molar-refractivity contribution in [3.63, 3.8) is 0 Å². The maximum absolute atomic E-state index is 11.3. The Morgan fingerprint density at radius 1 is 1.32 bits per heavy atom. The van der Waals surface area contributed by atoms with Gasteiger partial charge in [0, 0.05) is 36.6 Å². The summed E-state index contributed by atoms with van der Waals surface area (Å²) >= 11 is 0. The Morgan fingerprint density at radius 2 is 1.95 bits per heavy atom. The first-order valence-corrected chi connectivity index (χ1v) is 5.85. The fourth-order valence-corrected chi connectivity index (χ4v) is 2.16. The quantitative estimate of drug-likeness (QED) is 0.509. The van der Waals surface area contributed by atoms with Gasteiger partial charge in [-0.3, -0.25) is 10.1 Å². The van der Waals surface area contributed by atoms with Gasteiger partial charge in [-0.1, -0.05) is 0 Å². The minimum Gasteiger partial charge on any atom is -0.398 e. The molecule has 6 nitrogen and oxygen atoms in total. The highest BCUT2D eigenvalue weighted by Gasteiger charge is 2.22. The zero-order chi connectivity index (χ0) is 14.3. The summed E-state index contributed by atoms with van der Waals surface area (Å²) in [5.41, 5.74) is 8.74. The van der Waals surface area contributed by atoms with Crippen LogP contribution in [0.2, 0.25) is 0 Å². The Morgan fingerprint density at radius 3 is 2.47 bits per heavy atom. The van der Waals surface area contributed by atoms with Crippen LogP contribution >= 0.6 is 0 Å². The van der Waals surface area contributed by atoms with Crippen LogP contribution in [-0.2, 0) is 0 Å². The number of nitro groups is 1. The molecule has 100 valence electrons. The average molecular weight is 260 g/mol. The first-order chi connectivity index (χ1) is 8.82. The van der Waals surface area contributed by atoms with Crippen LogP contribution in [0.25, 0.3) is 10.9 Å². The SMILES string of the molecule is Cc1cc(N(C)C)c2cc(N)c(C)c([N+](=O)[O-])c2n1. The average Bonchev–Trinajstić information content (AvgIpc) is 2.29. The molecule has 0 unspecified atom stereocenters. The lowest BCUT2D eigenvalue weighted by atomic mass is 10.0. The van der Waals surface area contributed by atoms with E-state index in [4.69, 9.17) is 5.73 Å². The summed E-state index contributed by atoms with van der Waals surface area (Å²) in [6, 6.07) is 3.64. The molecule has 0 radical (unpaired) electrons. The number of nitrogen functional groups attached to an aromatic ring is 1. The zero-order valence-corrected chi connectivity index (χ0v) is 11.4. The van der Waals surface area contributed by atoms with E-state index in [1.807, 2.05) is 32.0 Å². The van der Waals surface area contributed by atoms with E-state index in [0.717, 1.165) is 11.4 Å². The van der Waals surface area contributed by atoms with Gasteiger partial charge in [0.15, 0.2) is 5.52 Å². The lowest BCUT2D eigenvalue weighted by Gasteiger charge is -2.17. The van der Waals surface area contributed by atoms with Gasteiger partial charge in [0.05, 0.1) is 10.5 Å². The number of nitro benzene ring substituents is 1. The molecule has 2 rings (SSSR count). The predicted molar refractivity (Wildman–Crippen MR) is 76.6 cm³/mol. The van der Waals surface area contributed by atoms with Crippen LogP contribution < -0.4 is 10.6 Å². The van der Waals surface area contributed by atoms with Crippen molar-refractivity contribution in [2.45, 2.75) is 13.8 Å². The maximum Gasteiger partial charge on any atom is 0.300 e. The van der Waals surface area contributed by atoms with Gasteiger partial charge < -0.3 is 10.6 Å². The van der Waals surface area contributed by atoms with E-state index >= 15 is 0 Å². The van der Waals surface area contributed by atoms with Crippen LogP contribution in [0.1, 0.15) is 11.3 Å². The van der Waals surface area contributed by atoms with Gasteiger partial charge in [-0.25, -0.2) is 4.98 Å². The molecule has 0 aliphatic rings. The predicted octanol–water partition coefficient (Wildman–Crippen LogP) is 2.41. The number of benzene rings is 1. The highest BCUT2D eigenvalue weighted by Crippen LogP contribution is 2.36. The van der Waals surface area contributed by atoms with Crippen LogP contribution in [-0.4, -0.2) is 24.0 Å². The maximum atomic E-state index is 11.3. The van der Waals surface area contributed by atoms with Gasteiger partial charge in [-0.2, -0.15) is 0 Å². The second kappa shape index (κ2) is 4.38. The third-order valence-electron chi connectivity index (χ3n) is 3.14. The Labute approximate surface area is 111 Å². The molecule has 1 aromatic heterocycles. The molecule has 0 aliphatic carbocycles. The molecule has 6 heteroatoms. The number of nitrogens with zero attached hydrogens (tertiary/aromatic N) is 3. The second-order valence-electron chi connectivity index (χ2n) is 4.77. The molecular formula is C13H16N4O2. The van der Waals surface area contributed by atoms with Gasteiger partial charge in [0.1, 0.15) is 0 Å². The van der Waals surface area contributed by atoms with Crippen LogP contribution in [0.15, 0.2) is 12.1 Å².